The zero-order valence-corrected chi connectivity index (χ0v) is 46.5. The molecular formula is C62H118O7. The lowest BCUT2D eigenvalue weighted by atomic mass is 9.91. The molecule has 1 aliphatic heterocycles. The van der Waals surface area contributed by atoms with Crippen molar-refractivity contribution in [3.05, 3.63) is 0 Å². The molecule has 4 unspecified atom stereocenters. The Morgan fingerprint density at radius 3 is 1.00 bits per heavy atom. The molecule has 1 N–H and O–H groups in total. The van der Waals surface area contributed by atoms with Crippen molar-refractivity contribution in [2.75, 3.05) is 13.2 Å². The van der Waals surface area contributed by atoms with Crippen LogP contribution in [0, 0.1) is 5.92 Å². The number of aliphatic hydroxyl groups is 1. The molecule has 0 spiro atoms. The SMILES string of the molecule is CCCCCCCCCCCCCCCCCCC(=O)OC1C(O)COC1C(COC(=O)CCCCCCCCCCCCCCCCC)CC(=O)CCCCCCCCCCCCCCCCC. The van der Waals surface area contributed by atoms with E-state index in [0.29, 0.717) is 19.3 Å². The van der Waals surface area contributed by atoms with E-state index in [-0.39, 0.29) is 37.4 Å². The van der Waals surface area contributed by atoms with Crippen LogP contribution in [0.1, 0.15) is 342 Å². The van der Waals surface area contributed by atoms with E-state index in [0.717, 1.165) is 57.8 Å². The summed E-state index contributed by atoms with van der Waals surface area (Å²) < 4.78 is 17.8. The van der Waals surface area contributed by atoms with Gasteiger partial charge in [0.15, 0.2) is 6.10 Å². The van der Waals surface area contributed by atoms with Gasteiger partial charge in [0.25, 0.3) is 0 Å². The fourth-order valence-corrected chi connectivity index (χ4v) is 10.5. The fraction of sp³-hybridized carbons (Fsp3) is 0.952. The molecule has 0 aromatic rings. The Labute approximate surface area is 429 Å². The molecule has 1 heterocycles. The van der Waals surface area contributed by atoms with Crippen LogP contribution in [0.2, 0.25) is 0 Å². The highest BCUT2D eigenvalue weighted by Crippen LogP contribution is 2.29. The first-order chi connectivity index (χ1) is 33.9. The summed E-state index contributed by atoms with van der Waals surface area (Å²) in [7, 11) is 0. The average Bonchev–Trinajstić information content (AvgIpc) is 3.70. The average molecular weight is 976 g/mol. The molecule has 1 rings (SSSR count). The molecule has 1 saturated heterocycles. The molecular weight excluding hydrogens is 857 g/mol. The molecule has 1 aliphatic rings. The Kier molecular flexibility index (Phi) is 48.9. The van der Waals surface area contributed by atoms with Crippen LogP contribution in [0.4, 0.5) is 0 Å². The molecule has 0 aromatic carbocycles. The Balaban J connectivity index is 2.44. The normalized spacial score (nSPS) is 16.3. The maximum Gasteiger partial charge on any atom is 0.306 e. The summed E-state index contributed by atoms with van der Waals surface area (Å²) in [4.78, 5) is 39.5. The van der Waals surface area contributed by atoms with Gasteiger partial charge in [0.1, 0.15) is 18.0 Å². The molecule has 0 aromatic heterocycles. The first-order valence-corrected chi connectivity index (χ1v) is 31.1. The van der Waals surface area contributed by atoms with Gasteiger partial charge in [-0.15, -0.1) is 0 Å². The molecule has 7 heteroatoms. The van der Waals surface area contributed by atoms with Gasteiger partial charge < -0.3 is 19.3 Å². The molecule has 0 bridgehead atoms. The van der Waals surface area contributed by atoms with Crippen molar-refractivity contribution >= 4 is 17.7 Å². The Morgan fingerprint density at radius 1 is 0.406 bits per heavy atom. The summed E-state index contributed by atoms with van der Waals surface area (Å²) in [6.45, 7) is 6.90. The summed E-state index contributed by atoms with van der Waals surface area (Å²) in [5.41, 5.74) is 0. The number of ether oxygens (including phenoxy) is 3. The zero-order chi connectivity index (χ0) is 49.9. The molecule has 1 fully saturated rings. The van der Waals surface area contributed by atoms with Crippen LogP contribution >= 0.6 is 0 Å². The first-order valence-electron chi connectivity index (χ1n) is 31.1. The van der Waals surface area contributed by atoms with Crippen LogP contribution in [0.3, 0.4) is 0 Å². The van der Waals surface area contributed by atoms with Crippen molar-refractivity contribution in [1.29, 1.82) is 0 Å². The summed E-state index contributed by atoms with van der Waals surface area (Å²) in [5.74, 6) is -0.922. The van der Waals surface area contributed by atoms with Crippen LogP contribution in [-0.4, -0.2) is 54.4 Å². The second kappa shape index (κ2) is 51.4. The van der Waals surface area contributed by atoms with E-state index in [2.05, 4.69) is 20.8 Å². The third kappa shape index (κ3) is 42.7. The smallest absolute Gasteiger partial charge is 0.306 e. The standard InChI is InChI=1S/C62H118O7/c1-4-7-10-13-16-19-22-25-28-31-34-37-40-43-46-49-52-60(66)69-62-58(64)55-68-61(62)56(53-57(63)50-47-44-41-38-35-32-29-26-23-20-17-14-11-8-5-2)54-67-59(65)51-48-45-42-39-36-33-30-27-24-21-18-15-12-9-6-3/h56,58,61-62,64H,4-55H2,1-3H3. The second-order valence-electron chi connectivity index (χ2n) is 22.0. The second-order valence-corrected chi connectivity index (χ2v) is 22.0. The van der Waals surface area contributed by atoms with Crippen LogP contribution < -0.4 is 0 Å². The Bertz CT molecular complexity index is 1110. The Morgan fingerprint density at radius 2 is 0.681 bits per heavy atom. The third-order valence-corrected chi connectivity index (χ3v) is 15.1. The van der Waals surface area contributed by atoms with Crippen LogP contribution in [0.15, 0.2) is 0 Å². The van der Waals surface area contributed by atoms with Crippen LogP contribution in [0.25, 0.3) is 0 Å². The van der Waals surface area contributed by atoms with Gasteiger partial charge in [-0.05, 0) is 19.3 Å². The number of ketones is 1. The molecule has 69 heavy (non-hydrogen) atoms. The van der Waals surface area contributed by atoms with E-state index in [4.69, 9.17) is 14.2 Å². The Hall–Kier alpha value is -1.47. The molecule has 408 valence electrons. The van der Waals surface area contributed by atoms with Crippen molar-refractivity contribution < 1.29 is 33.7 Å². The van der Waals surface area contributed by atoms with Gasteiger partial charge in [-0.1, -0.05) is 297 Å². The van der Waals surface area contributed by atoms with Crippen molar-refractivity contribution in [3.63, 3.8) is 0 Å². The van der Waals surface area contributed by atoms with Crippen molar-refractivity contribution in [2.45, 2.75) is 360 Å². The van der Waals surface area contributed by atoms with Gasteiger partial charge in [-0.3, -0.25) is 14.4 Å². The van der Waals surface area contributed by atoms with E-state index in [1.54, 1.807) is 0 Å². The van der Waals surface area contributed by atoms with Gasteiger partial charge in [0, 0.05) is 31.6 Å². The van der Waals surface area contributed by atoms with Crippen molar-refractivity contribution in [1.82, 2.24) is 0 Å². The highest BCUT2D eigenvalue weighted by molar-refractivity contribution is 5.78. The number of rotatable bonds is 55. The number of esters is 2. The number of unbranched alkanes of at least 4 members (excludes halogenated alkanes) is 43. The number of carbonyl (C=O) groups is 3. The molecule has 0 amide bonds. The van der Waals surface area contributed by atoms with Crippen molar-refractivity contribution in [3.8, 4) is 0 Å². The van der Waals surface area contributed by atoms with Gasteiger partial charge in [-0.25, -0.2) is 0 Å². The van der Waals surface area contributed by atoms with E-state index in [9.17, 15) is 19.5 Å². The summed E-state index contributed by atoms with van der Waals surface area (Å²) in [6.07, 6.45) is 57.6. The van der Waals surface area contributed by atoms with E-state index >= 15 is 0 Å². The predicted molar refractivity (Wildman–Crippen MR) is 293 cm³/mol. The molecule has 0 radical (unpaired) electrons. The predicted octanol–water partition coefficient (Wildman–Crippen LogP) is 19.0. The summed E-state index contributed by atoms with van der Waals surface area (Å²) in [6, 6.07) is 0. The highest BCUT2D eigenvalue weighted by Gasteiger charge is 2.44. The quantitative estimate of drug-likeness (QED) is 0.0479. The number of hydrogen-bond donors (Lipinski definition) is 1. The summed E-state index contributed by atoms with van der Waals surface area (Å²) in [5, 5.41) is 10.9. The van der Waals surface area contributed by atoms with Crippen molar-refractivity contribution in [2.24, 2.45) is 5.92 Å². The molecule has 7 nitrogen and oxygen atoms in total. The first kappa shape index (κ1) is 65.5. The van der Waals surface area contributed by atoms with E-state index < -0.39 is 24.2 Å². The maximum absolute atomic E-state index is 13.4. The van der Waals surface area contributed by atoms with Crippen LogP contribution in [0.5, 0.6) is 0 Å². The lowest BCUT2D eigenvalue weighted by molar-refractivity contribution is -0.161. The minimum absolute atomic E-state index is 0.0345. The summed E-state index contributed by atoms with van der Waals surface area (Å²) >= 11 is 0. The number of hydrogen-bond acceptors (Lipinski definition) is 7. The minimum atomic E-state index is -0.964. The lowest BCUT2D eigenvalue weighted by Gasteiger charge is -2.28. The number of aliphatic hydroxyl groups excluding tert-OH is 1. The largest absolute Gasteiger partial charge is 0.465 e. The fourth-order valence-electron chi connectivity index (χ4n) is 10.5. The molecule has 0 saturated carbocycles. The zero-order valence-electron chi connectivity index (χ0n) is 46.5. The minimum Gasteiger partial charge on any atom is -0.465 e. The van der Waals surface area contributed by atoms with Gasteiger partial charge in [-0.2, -0.15) is 0 Å². The number of Topliss-reactive ketones (excluding diaryl/α,β-unsaturated/α-hetero) is 1. The highest BCUT2D eigenvalue weighted by atomic mass is 16.6. The lowest BCUT2D eigenvalue weighted by Crippen LogP contribution is -2.41. The van der Waals surface area contributed by atoms with Crippen LogP contribution in [-0.2, 0) is 28.6 Å². The third-order valence-electron chi connectivity index (χ3n) is 15.1. The topological polar surface area (TPSA) is 99.1 Å². The monoisotopic (exact) mass is 975 g/mol. The van der Waals surface area contributed by atoms with Gasteiger partial charge in [0.05, 0.1) is 13.2 Å². The van der Waals surface area contributed by atoms with E-state index in [1.807, 2.05) is 0 Å². The van der Waals surface area contributed by atoms with Gasteiger partial charge >= 0.3 is 11.9 Å². The van der Waals surface area contributed by atoms with Gasteiger partial charge in [0.2, 0.25) is 0 Å². The maximum atomic E-state index is 13.4. The molecule has 4 atom stereocenters. The van der Waals surface area contributed by atoms with E-state index in [1.165, 1.54) is 238 Å². The number of carbonyl (C=O) groups excluding carboxylic acids is 3. The molecule has 0 aliphatic carbocycles.